The van der Waals surface area contributed by atoms with Crippen molar-refractivity contribution in [2.24, 2.45) is 0 Å². The lowest BCUT2D eigenvalue weighted by Crippen LogP contribution is -2.17. The highest BCUT2D eigenvalue weighted by Gasteiger charge is 2.11. The average Bonchev–Trinajstić information content (AvgIpc) is 2.94. The van der Waals surface area contributed by atoms with Gasteiger partial charge < -0.3 is 10.2 Å². The second-order valence-electron chi connectivity index (χ2n) is 4.71. The Kier molecular flexibility index (Phi) is 3.69. The van der Waals surface area contributed by atoms with Crippen LogP contribution in [0.1, 0.15) is 12.8 Å². The lowest BCUT2D eigenvalue weighted by Gasteiger charge is -2.17. The molecule has 0 spiro atoms. The highest BCUT2D eigenvalue weighted by atomic mass is 79.9. The van der Waals surface area contributed by atoms with Crippen LogP contribution in [0.2, 0.25) is 0 Å². The van der Waals surface area contributed by atoms with E-state index >= 15 is 0 Å². The Morgan fingerprint density at radius 2 is 1.74 bits per heavy atom. The summed E-state index contributed by atoms with van der Waals surface area (Å²) in [6, 6.07) is 14.4. The highest BCUT2D eigenvalue weighted by molar-refractivity contribution is 9.10. The van der Waals surface area contributed by atoms with E-state index in [-0.39, 0.29) is 0 Å². The first-order valence-electron chi connectivity index (χ1n) is 6.56. The van der Waals surface area contributed by atoms with Gasteiger partial charge in [-0.3, -0.25) is 0 Å². The summed E-state index contributed by atoms with van der Waals surface area (Å²) >= 11 is 3.37. The summed E-state index contributed by atoms with van der Waals surface area (Å²) in [5.41, 5.74) is 2.37. The fourth-order valence-corrected chi connectivity index (χ4v) is 2.70. The van der Waals surface area contributed by atoms with Crippen LogP contribution in [0.15, 0.2) is 47.1 Å². The van der Waals surface area contributed by atoms with Crippen molar-refractivity contribution >= 4 is 33.1 Å². The van der Waals surface area contributed by atoms with E-state index in [4.69, 9.17) is 0 Å². The topological polar surface area (TPSA) is 28.2 Å². The number of rotatable bonds is 3. The molecule has 1 saturated heterocycles. The Morgan fingerprint density at radius 3 is 2.42 bits per heavy atom. The number of nitrogens with one attached hydrogen (secondary N) is 1. The average molecular weight is 318 g/mol. The van der Waals surface area contributed by atoms with Crippen LogP contribution in [0, 0.1) is 0 Å². The summed E-state index contributed by atoms with van der Waals surface area (Å²) in [5.74, 6) is 0.850. The lowest BCUT2D eigenvalue weighted by molar-refractivity contribution is 0.949. The van der Waals surface area contributed by atoms with Gasteiger partial charge in [0.1, 0.15) is 10.4 Å². The van der Waals surface area contributed by atoms with Gasteiger partial charge in [0.15, 0.2) is 0 Å². The molecule has 1 aliphatic rings. The Labute approximate surface area is 121 Å². The van der Waals surface area contributed by atoms with Gasteiger partial charge in [0, 0.05) is 24.5 Å². The zero-order valence-corrected chi connectivity index (χ0v) is 12.2. The second kappa shape index (κ2) is 5.61. The standard InChI is InChI=1S/C15H16BrN3/c16-14-4-3-5-15(18-14)17-12-6-8-13(9-7-12)19-10-1-2-11-19/h3-9H,1-2,10-11H2,(H,17,18). The monoisotopic (exact) mass is 317 g/mol. The molecule has 0 bridgehead atoms. The number of nitrogens with zero attached hydrogens (tertiary/aromatic N) is 2. The number of hydrogen-bond donors (Lipinski definition) is 1. The maximum Gasteiger partial charge on any atom is 0.131 e. The molecule has 0 unspecified atom stereocenters. The fourth-order valence-electron chi connectivity index (χ4n) is 2.36. The van der Waals surface area contributed by atoms with Crippen molar-refractivity contribution in [1.82, 2.24) is 4.98 Å². The fraction of sp³-hybridized carbons (Fsp3) is 0.267. The van der Waals surface area contributed by atoms with Crippen LogP contribution in [0.4, 0.5) is 17.2 Å². The van der Waals surface area contributed by atoms with E-state index in [9.17, 15) is 0 Å². The number of hydrogen-bond acceptors (Lipinski definition) is 3. The second-order valence-corrected chi connectivity index (χ2v) is 5.52. The molecule has 1 N–H and O–H groups in total. The molecule has 2 aromatic rings. The zero-order valence-electron chi connectivity index (χ0n) is 10.6. The number of halogens is 1. The Morgan fingerprint density at radius 1 is 1.00 bits per heavy atom. The normalized spacial score (nSPS) is 14.7. The molecule has 0 amide bonds. The van der Waals surface area contributed by atoms with Gasteiger partial charge in [0.25, 0.3) is 0 Å². The summed E-state index contributed by atoms with van der Waals surface area (Å²) in [4.78, 5) is 6.80. The van der Waals surface area contributed by atoms with Gasteiger partial charge in [-0.25, -0.2) is 4.98 Å². The highest BCUT2D eigenvalue weighted by Crippen LogP contribution is 2.23. The van der Waals surface area contributed by atoms with Crippen LogP contribution in [0.5, 0.6) is 0 Å². The van der Waals surface area contributed by atoms with Crippen LogP contribution >= 0.6 is 15.9 Å². The first-order chi connectivity index (χ1) is 9.31. The van der Waals surface area contributed by atoms with Gasteiger partial charge >= 0.3 is 0 Å². The molecule has 1 fully saturated rings. The Balaban J connectivity index is 1.72. The SMILES string of the molecule is Brc1cccc(Nc2ccc(N3CCCC3)cc2)n1. The Hall–Kier alpha value is -1.55. The molecule has 0 radical (unpaired) electrons. The van der Waals surface area contributed by atoms with Gasteiger partial charge in [-0.05, 0) is 65.2 Å². The molecule has 0 saturated carbocycles. The van der Waals surface area contributed by atoms with Crippen molar-refractivity contribution < 1.29 is 0 Å². The van der Waals surface area contributed by atoms with E-state index in [1.165, 1.54) is 31.6 Å². The molecule has 1 aliphatic heterocycles. The summed E-state index contributed by atoms with van der Waals surface area (Å²) in [6.45, 7) is 2.36. The van der Waals surface area contributed by atoms with E-state index in [0.717, 1.165) is 16.1 Å². The maximum absolute atomic E-state index is 4.36. The minimum atomic E-state index is 0.839. The quantitative estimate of drug-likeness (QED) is 0.860. The number of pyridine rings is 1. The van der Waals surface area contributed by atoms with Crippen molar-refractivity contribution in [2.75, 3.05) is 23.3 Å². The molecular weight excluding hydrogens is 302 g/mol. The van der Waals surface area contributed by atoms with Gasteiger partial charge in [-0.1, -0.05) is 6.07 Å². The predicted molar refractivity (Wildman–Crippen MR) is 83.1 cm³/mol. The molecule has 1 aromatic heterocycles. The van der Waals surface area contributed by atoms with Crippen LogP contribution < -0.4 is 10.2 Å². The minimum absolute atomic E-state index is 0.839. The van der Waals surface area contributed by atoms with Crippen LogP contribution in [0.3, 0.4) is 0 Å². The predicted octanol–water partition coefficient (Wildman–Crippen LogP) is 4.19. The van der Waals surface area contributed by atoms with E-state index in [2.05, 4.69) is 55.4 Å². The number of anilines is 3. The largest absolute Gasteiger partial charge is 0.372 e. The van der Waals surface area contributed by atoms with Gasteiger partial charge in [-0.15, -0.1) is 0 Å². The molecule has 3 rings (SSSR count). The van der Waals surface area contributed by atoms with Crippen molar-refractivity contribution in [2.45, 2.75) is 12.8 Å². The van der Waals surface area contributed by atoms with Crippen molar-refractivity contribution in [3.8, 4) is 0 Å². The van der Waals surface area contributed by atoms with Crippen LogP contribution in [-0.2, 0) is 0 Å². The zero-order chi connectivity index (χ0) is 13.1. The van der Waals surface area contributed by atoms with E-state index < -0.39 is 0 Å². The third-order valence-electron chi connectivity index (χ3n) is 3.33. The summed E-state index contributed by atoms with van der Waals surface area (Å²) in [6.07, 6.45) is 2.62. The summed E-state index contributed by atoms with van der Waals surface area (Å²) < 4.78 is 0.839. The molecule has 4 heteroatoms. The van der Waals surface area contributed by atoms with Crippen molar-refractivity contribution in [3.63, 3.8) is 0 Å². The molecule has 0 atom stereocenters. The molecule has 19 heavy (non-hydrogen) atoms. The van der Waals surface area contributed by atoms with Gasteiger partial charge in [0.2, 0.25) is 0 Å². The smallest absolute Gasteiger partial charge is 0.131 e. The molecule has 0 aliphatic carbocycles. The number of benzene rings is 1. The first-order valence-corrected chi connectivity index (χ1v) is 7.35. The molecule has 1 aromatic carbocycles. The Bertz CT molecular complexity index is 548. The minimum Gasteiger partial charge on any atom is -0.372 e. The maximum atomic E-state index is 4.36. The number of aromatic nitrogens is 1. The first kappa shape index (κ1) is 12.5. The molecular formula is C15H16BrN3. The van der Waals surface area contributed by atoms with Crippen molar-refractivity contribution in [1.29, 1.82) is 0 Å². The summed E-state index contributed by atoms with van der Waals surface area (Å²) in [7, 11) is 0. The van der Waals surface area contributed by atoms with E-state index in [1.807, 2.05) is 18.2 Å². The summed E-state index contributed by atoms with van der Waals surface area (Å²) in [5, 5.41) is 3.30. The van der Waals surface area contributed by atoms with Crippen molar-refractivity contribution in [3.05, 3.63) is 47.1 Å². The molecule has 98 valence electrons. The third-order valence-corrected chi connectivity index (χ3v) is 3.77. The van der Waals surface area contributed by atoms with Gasteiger partial charge in [-0.2, -0.15) is 0 Å². The third kappa shape index (κ3) is 3.07. The van der Waals surface area contributed by atoms with Gasteiger partial charge in [0.05, 0.1) is 0 Å². The van der Waals surface area contributed by atoms with Crippen LogP contribution in [0.25, 0.3) is 0 Å². The van der Waals surface area contributed by atoms with E-state index in [0.29, 0.717) is 0 Å². The molecule has 2 heterocycles. The lowest BCUT2D eigenvalue weighted by atomic mass is 10.2. The van der Waals surface area contributed by atoms with E-state index in [1.54, 1.807) is 0 Å². The van der Waals surface area contributed by atoms with Crippen LogP contribution in [-0.4, -0.2) is 18.1 Å². The molecule has 3 nitrogen and oxygen atoms in total.